The minimum atomic E-state index is -0.341. The fourth-order valence-corrected chi connectivity index (χ4v) is 2.02. The summed E-state index contributed by atoms with van der Waals surface area (Å²) in [6.45, 7) is 0. The van der Waals surface area contributed by atoms with Crippen molar-refractivity contribution in [1.82, 2.24) is 10.2 Å². The number of aromatic amines is 1. The van der Waals surface area contributed by atoms with Gasteiger partial charge in [0, 0.05) is 5.92 Å². The van der Waals surface area contributed by atoms with Crippen LogP contribution in [0.25, 0.3) is 0 Å². The first-order valence-electron chi connectivity index (χ1n) is 4.78. The number of aromatic nitrogens is 2. The van der Waals surface area contributed by atoms with Gasteiger partial charge in [0.25, 0.3) is 0 Å². The van der Waals surface area contributed by atoms with Crippen LogP contribution in [0.1, 0.15) is 43.7 Å². The lowest BCUT2D eigenvalue weighted by Crippen LogP contribution is -2.06. The zero-order valence-electron chi connectivity index (χ0n) is 7.52. The Kier molecular flexibility index (Phi) is 2.20. The summed E-state index contributed by atoms with van der Waals surface area (Å²) in [6.07, 6.45) is 5.74. The number of nitrogens with zero attached hydrogens (tertiary/aromatic N) is 1. The summed E-state index contributed by atoms with van der Waals surface area (Å²) in [7, 11) is 0. The smallest absolute Gasteiger partial charge is 0.188 e. The molecule has 0 radical (unpaired) electrons. The van der Waals surface area contributed by atoms with Crippen LogP contribution < -0.4 is 5.73 Å². The fourth-order valence-electron chi connectivity index (χ4n) is 2.02. The Morgan fingerprint density at radius 1 is 1.31 bits per heavy atom. The number of anilines is 1. The molecule has 3 N–H and O–H groups in total. The van der Waals surface area contributed by atoms with E-state index in [2.05, 4.69) is 10.2 Å². The van der Waals surface area contributed by atoms with Crippen LogP contribution in [-0.4, -0.2) is 10.2 Å². The van der Waals surface area contributed by atoms with E-state index in [1.54, 1.807) is 0 Å². The zero-order chi connectivity index (χ0) is 9.26. The molecule has 1 aromatic rings. The van der Waals surface area contributed by atoms with Crippen LogP contribution in [0.4, 0.5) is 10.2 Å². The predicted molar refractivity (Wildman–Crippen MR) is 48.8 cm³/mol. The summed E-state index contributed by atoms with van der Waals surface area (Å²) >= 11 is 0. The minimum absolute atomic E-state index is 0.000531. The summed E-state index contributed by atoms with van der Waals surface area (Å²) in [5.41, 5.74) is 5.94. The number of nitrogen functional groups attached to an aromatic ring is 1. The Balaban J connectivity index is 2.18. The highest BCUT2D eigenvalue weighted by Crippen LogP contribution is 2.33. The van der Waals surface area contributed by atoms with E-state index in [4.69, 9.17) is 5.73 Å². The van der Waals surface area contributed by atoms with Gasteiger partial charge in [-0.25, -0.2) is 4.39 Å². The van der Waals surface area contributed by atoms with Crippen molar-refractivity contribution in [2.75, 3.05) is 5.73 Å². The van der Waals surface area contributed by atoms with E-state index in [9.17, 15) is 4.39 Å². The molecular weight excluding hydrogens is 169 g/mol. The molecule has 1 saturated carbocycles. The Morgan fingerprint density at radius 2 is 2.00 bits per heavy atom. The summed E-state index contributed by atoms with van der Waals surface area (Å²) < 4.78 is 13.3. The second-order valence-corrected chi connectivity index (χ2v) is 3.67. The molecule has 1 fully saturated rings. The van der Waals surface area contributed by atoms with Gasteiger partial charge >= 0.3 is 0 Å². The molecule has 0 spiro atoms. The van der Waals surface area contributed by atoms with Crippen LogP contribution in [-0.2, 0) is 0 Å². The number of H-pyrrole nitrogens is 1. The van der Waals surface area contributed by atoms with Gasteiger partial charge in [-0.2, -0.15) is 5.10 Å². The molecular formula is C9H14FN3. The molecule has 1 aliphatic carbocycles. The van der Waals surface area contributed by atoms with Crippen molar-refractivity contribution in [3.8, 4) is 0 Å². The first kappa shape index (κ1) is 8.53. The number of halogens is 1. The number of rotatable bonds is 1. The van der Waals surface area contributed by atoms with Crippen LogP contribution in [0.3, 0.4) is 0 Å². The third-order valence-electron chi connectivity index (χ3n) is 2.77. The Hall–Kier alpha value is -1.06. The molecule has 0 atom stereocenters. The van der Waals surface area contributed by atoms with Crippen molar-refractivity contribution >= 4 is 5.82 Å². The van der Waals surface area contributed by atoms with E-state index in [1.807, 2.05) is 0 Å². The van der Waals surface area contributed by atoms with Gasteiger partial charge in [0.2, 0.25) is 0 Å². The molecule has 2 rings (SSSR count). The van der Waals surface area contributed by atoms with Crippen molar-refractivity contribution < 1.29 is 4.39 Å². The van der Waals surface area contributed by atoms with E-state index >= 15 is 0 Å². The first-order valence-corrected chi connectivity index (χ1v) is 4.78. The molecule has 0 unspecified atom stereocenters. The maximum Gasteiger partial charge on any atom is 0.188 e. The van der Waals surface area contributed by atoms with Gasteiger partial charge in [0.05, 0.1) is 5.69 Å². The molecule has 13 heavy (non-hydrogen) atoms. The van der Waals surface area contributed by atoms with Crippen LogP contribution in [0.5, 0.6) is 0 Å². The van der Waals surface area contributed by atoms with Crippen LogP contribution >= 0.6 is 0 Å². The van der Waals surface area contributed by atoms with Gasteiger partial charge in [-0.3, -0.25) is 5.10 Å². The summed E-state index contributed by atoms with van der Waals surface area (Å²) in [6, 6.07) is 0. The number of hydrogen-bond acceptors (Lipinski definition) is 2. The van der Waals surface area contributed by atoms with E-state index in [1.165, 1.54) is 19.3 Å². The van der Waals surface area contributed by atoms with Gasteiger partial charge in [-0.1, -0.05) is 19.3 Å². The SMILES string of the molecule is Nc1n[nH]c(C2CCCCC2)c1F. The lowest BCUT2D eigenvalue weighted by molar-refractivity contribution is 0.423. The third-order valence-corrected chi connectivity index (χ3v) is 2.77. The molecule has 0 saturated heterocycles. The molecule has 0 aromatic carbocycles. The lowest BCUT2D eigenvalue weighted by atomic mass is 9.87. The van der Waals surface area contributed by atoms with Gasteiger partial charge in [0.15, 0.2) is 11.6 Å². The summed E-state index contributed by atoms with van der Waals surface area (Å²) in [5, 5.41) is 6.36. The number of nitrogens with one attached hydrogen (secondary N) is 1. The molecule has 0 aliphatic heterocycles. The highest BCUT2D eigenvalue weighted by molar-refractivity contribution is 5.33. The quantitative estimate of drug-likeness (QED) is 0.701. The predicted octanol–water partition coefficient (Wildman–Crippen LogP) is 2.18. The summed E-state index contributed by atoms with van der Waals surface area (Å²) in [4.78, 5) is 0. The molecule has 72 valence electrons. The summed E-state index contributed by atoms with van der Waals surface area (Å²) in [5.74, 6) is -0.0361. The van der Waals surface area contributed by atoms with E-state index in [0.717, 1.165) is 12.8 Å². The van der Waals surface area contributed by atoms with Crippen molar-refractivity contribution in [3.63, 3.8) is 0 Å². The van der Waals surface area contributed by atoms with Gasteiger partial charge < -0.3 is 5.73 Å². The number of hydrogen-bond donors (Lipinski definition) is 2. The second kappa shape index (κ2) is 3.36. The van der Waals surface area contributed by atoms with Crippen molar-refractivity contribution in [2.24, 2.45) is 0 Å². The maximum atomic E-state index is 13.3. The zero-order valence-corrected chi connectivity index (χ0v) is 7.52. The molecule has 1 aromatic heterocycles. The molecule has 0 amide bonds. The topological polar surface area (TPSA) is 54.7 Å². The van der Waals surface area contributed by atoms with Gasteiger partial charge in [-0.15, -0.1) is 0 Å². The average molecular weight is 183 g/mol. The van der Waals surface area contributed by atoms with Crippen molar-refractivity contribution in [2.45, 2.75) is 38.0 Å². The largest absolute Gasteiger partial charge is 0.380 e. The third kappa shape index (κ3) is 1.53. The van der Waals surface area contributed by atoms with Crippen LogP contribution in [0, 0.1) is 5.82 Å². The Labute approximate surface area is 76.5 Å². The lowest BCUT2D eigenvalue weighted by Gasteiger charge is -2.19. The van der Waals surface area contributed by atoms with Crippen LogP contribution in [0.2, 0.25) is 0 Å². The molecule has 1 aliphatic rings. The van der Waals surface area contributed by atoms with Gasteiger partial charge in [-0.05, 0) is 12.8 Å². The average Bonchev–Trinajstić information content (AvgIpc) is 2.49. The van der Waals surface area contributed by atoms with Gasteiger partial charge in [0.1, 0.15) is 0 Å². The minimum Gasteiger partial charge on any atom is -0.380 e. The monoisotopic (exact) mass is 183 g/mol. The first-order chi connectivity index (χ1) is 6.29. The van der Waals surface area contributed by atoms with Crippen molar-refractivity contribution in [1.29, 1.82) is 0 Å². The molecule has 4 heteroatoms. The standard InChI is InChI=1S/C9H14FN3/c10-7-8(12-13-9(7)11)6-4-2-1-3-5-6/h6H,1-5H2,(H3,11,12,13). The maximum absolute atomic E-state index is 13.3. The molecule has 0 bridgehead atoms. The highest BCUT2D eigenvalue weighted by Gasteiger charge is 2.22. The molecule has 1 heterocycles. The molecule has 3 nitrogen and oxygen atoms in total. The Morgan fingerprint density at radius 3 is 2.54 bits per heavy atom. The van der Waals surface area contributed by atoms with E-state index in [-0.39, 0.29) is 11.6 Å². The second-order valence-electron chi connectivity index (χ2n) is 3.67. The van der Waals surface area contributed by atoms with E-state index in [0.29, 0.717) is 11.6 Å². The normalized spacial score (nSPS) is 19.2. The number of nitrogens with two attached hydrogens (primary N) is 1. The van der Waals surface area contributed by atoms with Crippen LogP contribution in [0.15, 0.2) is 0 Å². The Bertz CT molecular complexity index is 289. The fraction of sp³-hybridized carbons (Fsp3) is 0.667. The van der Waals surface area contributed by atoms with E-state index < -0.39 is 0 Å². The highest BCUT2D eigenvalue weighted by atomic mass is 19.1. The van der Waals surface area contributed by atoms with Crippen molar-refractivity contribution in [3.05, 3.63) is 11.5 Å².